The summed E-state index contributed by atoms with van der Waals surface area (Å²) >= 11 is 0. The van der Waals surface area contributed by atoms with Gasteiger partial charge in [-0.05, 0) is 0 Å². The highest BCUT2D eigenvalue weighted by molar-refractivity contribution is 5.76. The second-order valence-corrected chi connectivity index (χ2v) is 5.00. The van der Waals surface area contributed by atoms with Gasteiger partial charge in [0.05, 0.1) is 30.9 Å². The summed E-state index contributed by atoms with van der Waals surface area (Å²) in [7, 11) is 0. The lowest BCUT2D eigenvalue weighted by Crippen LogP contribution is -2.68. The zero-order chi connectivity index (χ0) is 16.4. The van der Waals surface area contributed by atoms with Crippen molar-refractivity contribution in [2.45, 2.75) is 49.5 Å². The number of carbonyl (C=O) groups is 2. The monoisotopic (exact) mass is 308 g/mol. The predicted octanol–water partition coefficient (Wildman–Crippen LogP) is -3.91. The number of nitrogens with one attached hydrogen (secondary N) is 1. The van der Waals surface area contributed by atoms with Gasteiger partial charge in [-0.25, -0.2) is 4.79 Å². The van der Waals surface area contributed by atoms with Crippen LogP contribution in [0.2, 0.25) is 0 Å². The number of hydrogen-bond acceptors (Lipinski definition) is 8. The molecule has 1 aliphatic heterocycles. The average Bonchev–Trinajstić information content (AvgIpc) is 2.39. The SMILES string of the molecule is CC(=O)N[C@H]1[C@H]([C@H](N)[C@H](O)CO)OC(O)(C(=O)O)C[C@@H]1O. The smallest absolute Gasteiger partial charge is 0.364 e. The maximum atomic E-state index is 11.2. The normalized spacial score (nSPS) is 35.8. The lowest BCUT2D eigenvalue weighted by atomic mass is 9.88. The fourth-order valence-corrected chi connectivity index (χ4v) is 2.19. The Bertz CT molecular complexity index is 406. The number of hydrogen-bond donors (Lipinski definition) is 7. The van der Waals surface area contributed by atoms with Gasteiger partial charge in [0.2, 0.25) is 5.91 Å². The largest absolute Gasteiger partial charge is 0.477 e. The summed E-state index contributed by atoms with van der Waals surface area (Å²) in [6.07, 6.45) is -5.06. The molecule has 0 aromatic rings. The molecule has 0 bridgehead atoms. The Kier molecular flexibility index (Phi) is 5.61. The number of amides is 1. The van der Waals surface area contributed by atoms with Crippen LogP contribution in [0, 0.1) is 0 Å². The topological polar surface area (TPSA) is 183 Å². The van der Waals surface area contributed by atoms with Gasteiger partial charge in [-0.15, -0.1) is 0 Å². The Balaban J connectivity index is 3.07. The number of aliphatic carboxylic acids is 1. The first kappa shape index (κ1) is 17.8. The third-order valence-corrected chi connectivity index (χ3v) is 3.30. The molecule has 1 amide bonds. The Hall–Kier alpha value is -1.30. The molecule has 1 unspecified atom stereocenters. The van der Waals surface area contributed by atoms with E-state index in [-0.39, 0.29) is 0 Å². The van der Waals surface area contributed by atoms with Crippen LogP contribution in [-0.4, -0.2) is 80.2 Å². The van der Waals surface area contributed by atoms with Crippen molar-refractivity contribution >= 4 is 11.9 Å². The van der Waals surface area contributed by atoms with Crippen LogP contribution < -0.4 is 11.1 Å². The standard InChI is InChI=1S/C11H20N2O8/c1-4(15)13-8-5(16)2-11(20,10(18)19)21-9(8)7(12)6(17)3-14/h5-9,14,16-17,20H,2-3,12H2,1H3,(H,13,15)(H,18,19)/t5-,6+,7+,8+,9-,11?/m0/s1. The highest BCUT2D eigenvalue weighted by atomic mass is 16.7. The Labute approximate surface area is 120 Å². The molecule has 6 atom stereocenters. The van der Waals surface area contributed by atoms with Crippen molar-refractivity contribution in [2.24, 2.45) is 5.73 Å². The lowest BCUT2D eigenvalue weighted by molar-refractivity contribution is -0.282. The van der Waals surface area contributed by atoms with Crippen LogP contribution in [0.3, 0.4) is 0 Å². The molecule has 122 valence electrons. The van der Waals surface area contributed by atoms with Crippen molar-refractivity contribution < 1.29 is 39.9 Å². The van der Waals surface area contributed by atoms with Gasteiger partial charge in [0, 0.05) is 13.3 Å². The van der Waals surface area contributed by atoms with Crippen molar-refractivity contribution in [3.8, 4) is 0 Å². The summed E-state index contributed by atoms with van der Waals surface area (Å²) in [5, 5.41) is 49.5. The van der Waals surface area contributed by atoms with E-state index in [1.807, 2.05) is 0 Å². The molecule has 0 aliphatic carbocycles. The second kappa shape index (κ2) is 6.64. The molecule has 1 aliphatic rings. The molecule has 10 nitrogen and oxygen atoms in total. The maximum absolute atomic E-state index is 11.2. The van der Waals surface area contributed by atoms with Gasteiger partial charge in [0.1, 0.15) is 6.10 Å². The van der Waals surface area contributed by atoms with E-state index in [1.54, 1.807) is 0 Å². The molecule has 10 heteroatoms. The molecule has 1 fully saturated rings. The number of nitrogens with two attached hydrogens (primary N) is 1. The van der Waals surface area contributed by atoms with Crippen molar-refractivity contribution in [2.75, 3.05) is 6.61 Å². The van der Waals surface area contributed by atoms with Gasteiger partial charge in [-0.1, -0.05) is 0 Å². The van der Waals surface area contributed by atoms with Gasteiger partial charge in [-0.2, -0.15) is 0 Å². The minimum absolute atomic E-state index is 0.542. The van der Waals surface area contributed by atoms with E-state index in [9.17, 15) is 24.9 Å². The van der Waals surface area contributed by atoms with Gasteiger partial charge in [0.25, 0.3) is 5.79 Å². The zero-order valence-corrected chi connectivity index (χ0v) is 11.3. The van der Waals surface area contributed by atoms with Crippen LogP contribution in [-0.2, 0) is 14.3 Å². The number of aliphatic hydroxyl groups excluding tert-OH is 3. The molecular formula is C11H20N2O8. The highest BCUT2D eigenvalue weighted by Gasteiger charge is 2.53. The van der Waals surface area contributed by atoms with Gasteiger partial charge in [0.15, 0.2) is 0 Å². The zero-order valence-electron chi connectivity index (χ0n) is 11.3. The first-order valence-corrected chi connectivity index (χ1v) is 6.25. The fraction of sp³-hybridized carbons (Fsp3) is 0.818. The fourth-order valence-electron chi connectivity index (χ4n) is 2.19. The number of carbonyl (C=O) groups excluding carboxylic acids is 1. The van der Waals surface area contributed by atoms with Crippen molar-refractivity contribution in [3.05, 3.63) is 0 Å². The van der Waals surface area contributed by atoms with Crippen LogP contribution in [0.4, 0.5) is 0 Å². The molecule has 1 rings (SSSR count). The third kappa shape index (κ3) is 3.87. The number of carboxylic acids is 1. The van der Waals surface area contributed by atoms with Crippen LogP contribution in [0.25, 0.3) is 0 Å². The third-order valence-electron chi connectivity index (χ3n) is 3.30. The minimum Gasteiger partial charge on any atom is -0.477 e. The molecule has 0 saturated carbocycles. The average molecular weight is 308 g/mol. The number of ether oxygens (including phenoxy) is 1. The van der Waals surface area contributed by atoms with E-state index >= 15 is 0 Å². The Morgan fingerprint density at radius 2 is 2.10 bits per heavy atom. The van der Waals surface area contributed by atoms with Gasteiger partial charge >= 0.3 is 5.97 Å². The van der Waals surface area contributed by atoms with Crippen molar-refractivity contribution in [1.29, 1.82) is 0 Å². The molecular weight excluding hydrogens is 288 g/mol. The number of aliphatic hydroxyl groups is 4. The van der Waals surface area contributed by atoms with Crippen molar-refractivity contribution in [1.82, 2.24) is 5.32 Å². The van der Waals surface area contributed by atoms with Crippen LogP contribution in [0.5, 0.6) is 0 Å². The summed E-state index contributed by atoms with van der Waals surface area (Å²) < 4.78 is 4.99. The number of carboxylic acid groups (broad SMARTS) is 1. The summed E-state index contributed by atoms with van der Waals surface area (Å²) in [6.45, 7) is 0.422. The molecule has 21 heavy (non-hydrogen) atoms. The van der Waals surface area contributed by atoms with Gasteiger partial charge in [-0.3, -0.25) is 4.79 Å². The summed E-state index contributed by atoms with van der Waals surface area (Å²) in [4.78, 5) is 22.2. The van der Waals surface area contributed by atoms with Crippen LogP contribution >= 0.6 is 0 Å². The Morgan fingerprint density at radius 3 is 2.52 bits per heavy atom. The summed E-state index contributed by atoms with van der Waals surface area (Å²) in [6, 6.07) is -2.48. The van der Waals surface area contributed by atoms with Gasteiger partial charge < -0.3 is 41.3 Å². The predicted molar refractivity (Wildman–Crippen MR) is 66.8 cm³/mol. The van der Waals surface area contributed by atoms with E-state index in [2.05, 4.69) is 5.32 Å². The maximum Gasteiger partial charge on any atom is 0.364 e. The summed E-state index contributed by atoms with van der Waals surface area (Å²) in [5.41, 5.74) is 5.65. The van der Waals surface area contributed by atoms with Crippen LogP contribution in [0.1, 0.15) is 13.3 Å². The van der Waals surface area contributed by atoms with Crippen molar-refractivity contribution in [3.63, 3.8) is 0 Å². The van der Waals surface area contributed by atoms with E-state index in [0.29, 0.717) is 0 Å². The van der Waals surface area contributed by atoms with E-state index in [1.165, 1.54) is 0 Å². The quantitative estimate of drug-likeness (QED) is 0.267. The minimum atomic E-state index is -2.70. The molecule has 0 spiro atoms. The molecule has 1 heterocycles. The first-order valence-electron chi connectivity index (χ1n) is 6.25. The van der Waals surface area contributed by atoms with E-state index in [4.69, 9.17) is 20.7 Å². The van der Waals surface area contributed by atoms with Crippen LogP contribution in [0.15, 0.2) is 0 Å². The second-order valence-electron chi connectivity index (χ2n) is 5.00. The molecule has 0 radical (unpaired) electrons. The Morgan fingerprint density at radius 1 is 1.52 bits per heavy atom. The molecule has 0 aromatic carbocycles. The molecule has 8 N–H and O–H groups in total. The van der Waals surface area contributed by atoms with E-state index in [0.717, 1.165) is 6.92 Å². The van der Waals surface area contributed by atoms with E-state index < -0.39 is 61.1 Å². The first-order chi connectivity index (χ1) is 9.62. The number of rotatable bonds is 5. The summed E-state index contributed by atoms with van der Waals surface area (Å²) in [5.74, 6) is -4.98. The molecule has 1 saturated heterocycles. The highest BCUT2D eigenvalue weighted by Crippen LogP contribution is 2.29. The molecule has 0 aromatic heterocycles. The lowest BCUT2D eigenvalue weighted by Gasteiger charge is -2.45.